The van der Waals surface area contributed by atoms with Crippen molar-refractivity contribution in [2.45, 2.75) is 33.2 Å². The van der Waals surface area contributed by atoms with E-state index in [1.54, 1.807) is 12.0 Å². The van der Waals surface area contributed by atoms with Crippen LogP contribution in [0.4, 0.5) is 10.5 Å². The molecule has 0 saturated heterocycles. The Morgan fingerprint density at radius 3 is 2.39 bits per heavy atom. The maximum atomic E-state index is 13.7. The lowest BCUT2D eigenvalue weighted by Crippen LogP contribution is -2.45. The number of aromatic nitrogens is 1. The molecular weight excluding hydrogens is 476 g/mol. The fourth-order valence-electron chi connectivity index (χ4n) is 4.53. The van der Waals surface area contributed by atoms with E-state index in [4.69, 9.17) is 4.74 Å². The third kappa shape index (κ3) is 6.73. The molecule has 1 heterocycles. The van der Waals surface area contributed by atoms with Gasteiger partial charge in [0, 0.05) is 42.4 Å². The first-order chi connectivity index (χ1) is 18.5. The number of rotatable bonds is 11. The third-order valence-corrected chi connectivity index (χ3v) is 6.70. The Hall–Kier alpha value is -4.26. The van der Waals surface area contributed by atoms with Crippen LogP contribution in [-0.2, 0) is 17.8 Å². The number of nitrogens with one attached hydrogen (secondary N) is 2. The molecular formula is C31H36N4O3. The highest BCUT2D eigenvalue weighted by atomic mass is 16.5. The molecule has 0 unspecified atom stereocenters. The number of aromatic amines is 1. The van der Waals surface area contributed by atoms with E-state index in [0.717, 1.165) is 45.5 Å². The van der Waals surface area contributed by atoms with Gasteiger partial charge >= 0.3 is 6.03 Å². The zero-order valence-corrected chi connectivity index (χ0v) is 22.4. The number of carbonyl (C=O) groups excluding carboxylic acids is 2. The molecule has 38 heavy (non-hydrogen) atoms. The number of ether oxygens (including phenoxy) is 1. The molecule has 0 bridgehead atoms. The number of anilines is 1. The maximum Gasteiger partial charge on any atom is 0.322 e. The SMILES string of the molecule is CCCN(CC(=O)N(CCc1c[nH]c2ccccc12)Cc1ccc(OC)cc1)C(=O)Nc1ccccc1C. The second-order valence-corrected chi connectivity index (χ2v) is 9.44. The van der Waals surface area contributed by atoms with Gasteiger partial charge in [-0.3, -0.25) is 4.79 Å². The van der Waals surface area contributed by atoms with Gasteiger partial charge in [0.2, 0.25) is 5.91 Å². The van der Waals surface area contributed by atoms with Crippen LogP contribution in [0.25, 0.3) is 10.9 Å². The fourth-order valence-corrected chi connectivity index (χ4v) is 4.53. The van der Waals surface area contributed by atoms with Crippen LogP contribution in [0.1, 0.15) is 30.0 Å². The van der Waals surface area contributed by atoms with Gasteiger partial charge in [0.1, 0.15) is 12.3 Å². The first-order valence-electron chi connectivity index (χ1n) is 13.1. The maximum absolute atomic E-state index is 13.7. The van der Waals surface area contributed by atoms with Crippen molar-refractivity contribution in [1.29, 1.82) is 0 Å². The number of urea groups is 1. The Morgan fingerprint density at radius 2 is 1.66 bits per heavy atom. The highest BCUT2D eigenvalue weighted by Gasteiger charge is 2.22. The van der Waals surface area contributed by atoms with Gasteiger partial charge < -0.3 is 24.8 Å². The summed E-state index contributed by atoms with van der Waals surface area (Å²) in [7, 11) is 1.64. The second kappa shape index (κ2) is 12.8. The molecule has 0 radical (unpaired) electrons. The van der Waals surface area contributed by atoms with Crippen molar-refractivity contribution in [2.75, 3.05) is 32.1 Å². The van der Waals surface area contributed by atoms with E-state index in [1.807, 2.05) is 85.6 Å². The third-order valence-electron chi connectivity index (χ3n) is 6.70. The van der Waals surface area contributed by atoms with Crippen LogP contribution < -0.4 is 10.1 Å². The van der Waals surface area contributed by atoms with Crippen molar-refractivity contribution in [3.8, 4) is 5.75 Å². The molecule has 0 aliphatic carbocycles. The molecule has 7 nitrogen and oxygen atoms in total. The first kappa shape index (κ1) is 26.8. The molecule has 3 aromatic carbocycles. The number of carbonyl (C=O) groups is 2. The van der Waals surface area contributed by atoms with Crippen LogP contribution in [0.5, 0.6) is 5.75 Å². The largest absolute Gasteiger partial charge is 0.497 e. The lowest BCUT2D eigenvalue weighted by Gasteiger charge is -2.28. The summed E-state index contributed by atoms with van der Waals surface area (Å²) in [4.78, 5) is 33.6. The molecule has 0 aliphatic heterocycles. The summed E-state index contributed by atoms with van der Waals surface area (Å²) in [6.45, 7) is 5.44. The predicted octanol–water partition coefficient (Wildman–Crippen LogP) is 6.00. The highest BCUT2D eigenvalue weighted by Crippen LogP contribution is 2.20. The molecule has 7 heteroatoms. The zero-order valence-electron chi connectivity index (χ0n) is 22.4. The number of hydrogen-bond acceptors (Lipinski definition) is 3. The van der Waals surface area contributed by atoms with E-state index in [2.05, 4.69) is 22.4 Å². The number of amides is 3. The molecule has 2 N–H and O–H groups in total. The van der Waals surface area contributed by atoms with E-state index < -0.39 is 0 Å². The van der Waals surface area contributed by atoms with Gasteiger partial charge in [-0.1, -0.05) is 55.5 Å². The number of para-hydroxylation sites is 2. The van der Waals surface area contributed by atoms with Crippen molar-refractivity contribution >= 4 is 28.5 Å². The van der Waals surface area contributed by atoms with Crippen LogP contribution in [0.2, 0.25) is 0 Å². The molecule has 4 rings (SSSR count). The summed E-state index contributed by atoms with van der Waals surface area (Å²) < 4.78 is 5.29. The van der Waals surface area contributed by atoms with Crippen LogP contribution in [0.3, 0.4) is 0 Å². The summed E-state index contributed by atoms with van der Waals surface area (Å²) in [5.41, 5.74) is 4.97. The van der Waals surface area contributed by atoms with Gasteiger partial charge in [0.25, 0.3) is 0 Å². The van der Waals surface area contributed by atoms with Gasteiger partial charge in [-0.05, 0) is 60.7 Å². The molecule has 4 aromatic rings. The van der Waals surface area contributed by atoms with E-state index in [1.165, 1.54) is 0 Å². The summed E-state index contributed by atoms with van der Waals surface area (Å²) in [5, 5.41) is 4.14. The summed E-state index contributed by atoms with van der Waals surface area (Å²) in [5.74, 6) is 0.682. The molecule has 0 fully saturated rings. The number of methoxy groups -OCH3 is 1. The molecule has 0 atom stereocenters. The van der Waals surface area contributed by atoms with Gasteiger partial charge in [-0.25, -0.2) is 4.79 Å². The van der Waals surface area contributed by atoms with Gasteiger partial charge in [0.05, 0.1) is 7.11 Å². The Balaban J connectivity index is 1.51. The van der Waals surface area contributed by atoms with Crippen LogP contribution in [-0.4, -0.2) is 53.5 Å². The Kier molecular flexibility index (Phi) is 9.03. The molecule has 1 aromatic heterocycles. The Bertz CT molecular complexity index is 1360. The Morgan fingerprint density at radius 1 is 0.921 bits per heavy atom. The number of fused-ring (bicyclic) bond motifs is 1. The standard InChI is InChI=1S/C31H36N4O3/c1-4-18-35(31(37)33-28-11-7-5-9-23(28)2)22-30(36)34(21-24-13-15-26(38-3)16-14-24)19-17-25-20-32-29-12-8-6-10-27(25)29/h5-16,20,32H,4,17-19,21-22H2,1-3H3,(H,33,37). The minimum atomic E-state index is -0.268. The number of hydrogen-bond donors (Lipinski definition) is 2. The minimum absolute atomic E-state index is 0.00952. The first-order valence-corrected chi connectivity index (χ1v) is 13.1. The average molecular weight is 513 g/mol. The van der Waals surface area contributed by atoms with Crippen molar-refractivity contribution in [3.63, 3.8) is 0 Å². The van der Waals surface area contributed by atoms with Crippen molar-refractivity contribution in [1.82, 2.24) is 14.8 Å². The molecule has 198 valence electrons. The number of H-pyrrole nitrogens is 1. The monoisotopic (exact) mass is 512 g/mol. The van der Waals surface area contributed by atoms with Gasteiger partial charge in [0.15, 0.2) is 0 Å². The average Bonchev–Trinajstić information content (AvgIpc) is 3.35. The smallest absolute Gasteiger partial charge is 0.322 e. The van der Waals surface area contributed by atoms with E-state index in [-0.39, 0.29) is 18.5 Å². The summed E-state index contributed by atoms with van der Waals surface area (Å²) in [6.07, 6.45) is 3.47. The molecule has 0 saturated carbocycles. The Labute approximate surface area is 224 Å². The van der Waals surface area contributed by atoms with Crippen LogP contribution in [0.15, 0.2) is 79.0 Å². The normalized spacial score (nSPS) is 10.8. The fraction of sp³-hybridized carbons (Fsp3) is 0.290. The minimum Gasteiger partial charge on any atom is -0.497 e. The van der Waals surface area contributed by atoms with E-state index in [9.17, 15) is 9.59 Å². The lowest BCUT2D eigenvalue weighted by atomic mass is 10.1. The lowest BCUT2D eigenvalue weighted by molar-refractivity contribution is -0.132. The number of aryl methyl sites for hydroxylation is 1. The highest BCUT2D eigenvalue weighted by molar-refractivity contribution is 5.93. The van der Waals surface area contributed by atoms with Gasteiger partial charge in [-0.2, -0.15) is 0 Å². The number of benzene rings is 3. The zero-order chi connectivity index (χ0) is 26.9. The predicted molar refractivity (Wildman–Crippen MR) is 152 cm³/mol. The van der Waals surface area contributed by atoms with E-state index >= 15 is 0 Å². The molecule has 0 aliphatic rings. The molecule has 3 amide bonds. The topological polar surface area (TPSA) is 77.7 Å². The van der Waals surface area contributed by atoms with Crippen LogP contribution >= 0.6 is 0 Å². The van der Waals surface area contributed by atoms with Crippen molar-refractivity contribution < 1.29 is 14.3 Å². The van der Waals surface area contributed by atoms with Crippen LogP contribution in [0, 0.1) is 6.92 Å². The number of nitrogens with zero attached hydrogens (tertiary/aromatic N) is 2. The van der Waals surface area contributed by atoms with Crippen molar-refractivity contribution in [3.05, 3.63) is 95.7 Å². The molecule has 0 spiro atoms. The second-order valence-electron chi connectivity index (χ2n) is 9.44. The summed E-state index contributed by atoms with van der Waals surface area (Å²) >= 11 is 0. The summed E-state index contributed by atoms with van der Waals surface area (Å²) in [6, 6.07) is 23.3. The van der Waals surface area contributed by atoms with E-state index in [0.29, 0.717) is 26.1 Å². The van der Waals surface area contributed by atoms with Gasteiger partial charge in [-0.15, -0.1) is 0 Å². The van der Waals surface area contributed by atoms with Crippen molar-refractivity contribution in [2.24, 2.45) is 0 Å². The quantitative estimate of drug-likeness (QED) is 0.259.